The van der Waals surface area contributed by atoms with Crippen molar-refractivity contribution in [3.63, 3.8) is 0 Å². The van der Waals surface area contributed by atoms with Crippen LogP contribution >= 0.6 is 0 Å². The fourth-order valence-electron chi connectivity index (χ4n) is 3.24. The highest BCUT2D eigenvalue weighted by atomic mass is 16.7. The van der Waals surface area contributed by atoms with Crippen LogP contribution in [0.2, 0.25) is 0 Å². The van der Waals surface area contributed by atoms with Crippen LogP contribution in [0.1, 0.15) is 70.6 Å². The van der Waals surface area contributed by atoms with Crippen LogP contribution in [-0.2, 0) is 0 Å². The second-order valence-electron chi connectivity index (χ2n) is 6.35. The summed E-state index contributed by atoms with van der Waals surface area (Å²) in [5, 5.41) is 0. The summed E-state index contributed by atoms with van der Waals surface area (Å²) >= 11 is 0. The minimum absolute atomic E-state index is 0. The first-order valence-electron chi connectivity index (χ1n) is 8.64. The molecule has 8 nitrogen and oxygen atoms in total. The van der Waals surface area contributed by atoms with E-state index in [1.54, 1.807) is 25.1 Å². The van der Waals surface area contributed by atoms with Gasteiger partial charge in [0.1, 0.15) is 11.5 Å². The molecule has 0 bridgehead atoms. The Morgan fingerprint density at radius 3 is 1.61 bits per heavy atom. The molecular formula is C23H28N2O6. The molecule has 166 valence electrons. The van der Waals surface area contributed by atoms with Crippen molar-refractivity contribution in [1.29, 1.82) is 0 Å². The van der Waals surface area contributed by atoms with Gasteiger partial charge in [-0.25, -0.2) is 0 Å². The maximum atomic E-state index is 12.2. The Hall–Kier alpha value is -3.68. The van der Waals surface area contributed by atoms with Gasteiger partial charge in [0.2, 0.25) is 6.79 Å². The number of amides is 4. The van der Waals surface area contributed by atoms with Crippen molar-refractivity contribution < 1.29 is 28.7 Å². The van der Waals surface area contributed by atoms with E-state index in [2.05, 4.69) is 0 Å². The van der Waals surface area contributed by atoms with Gasteiger partial charge >= 0.3 is 0 Å². The average molecular weight is 428 g/mol. The predicted octanol–water partition coefficient (Wildman–Crippen LogP) is 3.85. The van der Waals surface area contributed by atoms with E-state index < -0.39 is 0 Å². The zero-order chi connectivity index (χ0) is 20.0. The van der Waals surface area contributed by atoms with Gasteiger partial charge in [-0.15, -0.1) is 0 Å². The lowest BCUT2D eigenvalue weighted by Crippen LogP contribution is -2.29. The van der Waals surface area contributed by atoms with E-state index in [1.807, 2.05) is 0 Å². The van der Waals surface area contributed by atoms with Gasteiger partial charge in [-0.2, -0.15) is 0 Å². The smallest absolute Gasteiger partial charge is 0.261 e. The molecule has 0 aliphatic carbocycles. The number of nitrogens with zero attached hydrogens (tertiary/aromatic N) is 2. The molecule has 0 atom stereocenters. The molecule has 8 heteroatoms. The summed E-state index contributed by atoms with van der Waals surface area (Å²) in [5.74, 6) is -0.632. The molecule has 0 saturated carbocycles. The monoisotopic (exact) mass is 428 g/mol. The molecule has 2 aromatic carbocycles. The van der Waals surface area contributed by atoms with E-state index in [0.29, 0.717) is 34.7 Å². The first-order chi connectivity index (χ1) is 13.4. The highest BCUT2D eigenvalue weighted by Crippen LogP contribution is 2.28. The maximum absolute atomic E-state index is 12.2. The maximum Gasteiger partial charge on any atom is 0.261 e. The zero-order valence-corrected chi connectivity index (χ0v) is 15.2. The van der Waals surface area contributed by atoms with Crippen molar-refractivity contribution in [2.45, 2.75) is 29.2 Å². The van der Waals surface area contributed by atoms with Gasteiger partial charge in [-0.1, -0.05) is 22.3 Å². The van der Waals surface area contributed by atoms with E-state index in [0.717, 1.165) is 4.90 Å². The van der Waals surface area contributed by atoms with Gasteiger partial charge in [0.15, 0.2) is 0 Å². The summed E-state index contributed by atoms with van der Waals surface area (Å²) in [7, 11) is 1.42. The van der Waals surface area contributed by atoms with E-state index in [1.165, 1.54) is 30.1 Å². The number of hydrogen-bond donors (Lipinski definition) is 0. The molecule has 0 saturated heterocycles. The lowest BCUT2D eigenvalue weighted by atomic mass is 10.1. The summed E-state index contributed by atoms with van der Waals surface area (Å²) in [4.78, 5) is 50.5. The largest absolute Gasteiger partial charge is 0.457 e. The number of rotatable bonds is 5. The third-order valence-corrected chi connectivity index (χ3v) is 4.77. The molecule has 2 aliphatic rings. The number of hydrogen-bond acceptors (Lipinski definition) is 6. The summed E-state index contributed by atoms with van der Waals surface area (Å²) in [6, 6.07) is 9.26. The predicted molar refractivity (Wildman–Crippen MR) is 117 cm³/mol. The Kier molecular flexibility index (Phi) is 7.71. The van der Waals surface area contributed by atoms with Crippen LogP contribution in [0.25, 0.3) is 0 Å². The Bertz CT molecular complexity index is 1050. The fraction of sp³-hybridized carbons (Fsp3) is 0.304. The molecule has 2 heterocycles. The molecule has 31 heavy (non-hydrogen) atoms. The molecule has 4 rings (SSSR count). The minimum atomic E-state index is -0.381. The number of benzene rings is 2. The van der Waals surface area contributed by atoms with Crippen LogP contribution in [0, 0.1) is 0 Å². The third kappa shape index (κ3) is 4.01. The van der Waals surface area contributed by atoms with Gasteiger partial charge in [0.05, 0.1) is 22.3 Å². The van der Waals surface area contributed by atoms with Crippen molar-refractivity contribution >= 4 is 23.6 Å². The van der Waals surface area contributed by atoms with Gasteiger partial charge in [0, 0.05) is 13.6 Å². The number of fused-ring (bicyclic) bond motifs is 2. The quantitative estimate of drug-likeness (QED) is 0.530. The normalized spacial score (nSPS) is 13.7. The molecule has 0 aromatic heterocycles. The van der Waals surface area contributed by atoms with Crippen LogP contribution in [0.3, 0.4) is 0 Å². The molecule has 0 spiro atoms. The molecule has 0 radical (unpaired) electrons. The highest BCUT2D eigenvalue weighted by molar-refractivity contribution is 6.22. The lowest BCUT2D eigenvalue weighted by Gasteiger charge is -2.10. The Labute approximate surface area is 182 Å². The summed E-state index contributed by atoms with van der Waals surface area (Å²) < 4.78 is 11.0. The number of carbonyl (C=O) groups is 4. The standard InChI is InChI=1S/C20H16N2O6.3CH4/c1-3-22-19(25)14-7-5-12(9-16(14)20(22)26)28-10-27-11-4-6-13-15(8-11)18(24)21(2)17(13)23;;;/h4-9H,3,10H2,1-2H3;3*1H4. The molecule has 0 N–H and O–H groups in total. The molecule has 0 unspecified atom stereocenters. The van der Waals surface area contributed by atoms with E-state index in [9.17, 15) is 19.2 Å². The second kappa shape index (κ2) is 9.42. The Balaban J connectivity index is 0.00000160. The van der Waals surface area contributed by atoms with Crippen molar-refractivity contribution in [2.24, 2.45) is 0 Å². The van der Waals surface area contributed by atoms with Crippen LogP contribution in [0.5, 0.6) is 11.5 Å². The van der Waals surface area contributed by atoms with Crippen LogP contribution in [-0.4, -0.2) is 53.8 Å². The van der Waals surface area contributed by atoms with Crippen LogP contribution in [0.4, 0.5) is 0 Å². The first kappa shape index (κ1) is 25.4. The van der Waals surface area contributed by atoms with Gasteiger partial charge in [0.25, 0.3) is 23.6 Å². The average Bonchev–Trinajstić information content (AvgIpc) is 3.07. The third-order valence-electron chi connectivity index (χ3n) is 4.77. The van der Waals surface area contributed by atoms with Gasteiger partial charge < -0.3 is 9.47 Å². The fourth-order valence-corrected chi connectivity index (χ4v) is 3.24. The van der Waals surface area contributed by atoms with Crippen LogP contribution in [0.15, 0.2) is 36.4 Å². The van der Waals surface area contributed by atoms with Gasteiger partial charge in [-0.3, -0.25) is 29.0 Å². The van der Waals surface area contributed by atoms with Crippen molar-refractivity contribution in [2.75, 3.05) is 20.4 Å². The summed E-state index contributed by atoms with van der Waals surface area (Å²) in [6.07, 6.45) is 0. The topological polar surface area (TPSA) is 93.2 Å². The zero-order valence-electron chi connectivity index (χ0n) is 15.2. The SMILES string of the molecule is C.C.C.CCN1C(=O)c2ccc(OCOc3ccc4c(c3)C(=O)N(C)C4=O)cc2C1=O. The van der Waals surface area contributed by atoms with Crippen molar-refractivity contribution in [3.8, 4) is 11.5 Å². The second-order valence-corrected chi connectivity index (χ2v) is 6.35. The van der Waals surface area contributed by atoms with E-state index in [4.69, 9.17) is 9.47 Å². The Morgan fingerprint density at radius 1 is 0.677 bits per heavy atom. The molecule has 2 aliphatic heterocycles. The molecule has 0 fully saturated rings. The number of carbonyl (C=O) groups excluding carboxylic acids is 4. The summed E-state index contributed by atoms with van der Waals surface area (Å²) in [5.41, 5.74) is 1.27. The van der Waals surface area contributed by atoms with Crippen molar-refractivity contribution in [3.05, 3.63) is 58.7 Å². The van der Waals surface area contributed by atoms with E-state index >= 15 is 0 Å². The first-order valence-corrected chi connectivity index (χ1v) is 8.64. The lowest BCUT2D eigenvalue weighted by molar-refractivity contribution is 0.0656. The molecular weight excluding hydrogens is 400 g/mol. The molecule has 2 aromatic rings. The Morgan fingerprint density at radius 2 is 1.10 bits per heavy atom. The molecule has 4 amide bonds. The summed E-state index contributed by atoms with van der Waals surface area (Å²) in [6.45, 7) is 1.87. The minimum Gasteiger partial charge on any atom is -0.457 e. The van der Waals surface area contributed by atoms with Gasteiger partial charge in [-0.05, 0) is 43.3 Å². The number of imide groups is 2. The van der Waals surface area contributed by atoms with Crippen LogP contribution < -0.4 is 9.47 Å². The van der Waals surface area contributed by atoms with Crippen molar-refractivity contribution in [1.82, 2.24) is 9.80 Å². The van der Waals surface area contributed by atoms with E-state index in [-0.39, 0.29) is 58.3 Å². The highest BCUT2D eigenvalue weighted by Gasteiger charge is 2.35. The number of ether oxygens (including phenoxy) is 2.